The summed E-state index contributed by atoms with van der Waals surface area (Å²) in [5.74, 6) is 0. The van der Waals surface area contributed by atoms with Gasteiger partial charge in [0.05, 0.1) is 6.10 Å². The van der Waals surface area contributed by atoms with Crippen LogP contribution in [0.15, 0.2) is 35.3 Å². The second kappa shape index (κ2) is 4.86. The molecule has 5 nitrogen and oxygen atoms in total. The number of pyridine rings is 1. The van der Waals surface area contributed by atoms with E-state index in [1.165, 1.54) is 4.57 Å². The Morgan fingerprint density at radius 3 is 2.65 bits per heavy atom. The van der Waals surface area contributed by atoms with Crippen LogP contribution in [0.4, 0.5) is 0 Å². The number of rotatable bonds is 1. The summed E-state index contributed by atoms with van der Waals surface area (Å²) < 4.78 is 6.75. The summed E-state index contributed by atoms with van der Waals surface area (Å²) in [7, 11) is 0. The number of ether oxygens (including phenoxy) is 1. The average molecular weight is 296 g/mol. The molecule has 4 unspecified atom stereocenters. The van der Waals surface area contributed by atoms with Crippen LogP contribution in [-0.4, -0.2) is 33.1 Å². The molecule has 0 amide bonds. The number of benzene rings is 1. The van der Waals surface area contributed by atoms with Gasteiger partial charge < -0.3 is 14.9 Å². The number of halogens is 1. The molecule has 3 rings (SSSR count). The molecule has 0 saturated carbocycles. The second-order valence-corrected chi connectivity index (χ2v) is 5.41. The monoisotopic (exact) mass is 295 g/mol. The number of fused-ring (bicyclic) bond motifs is 1. The lowest BCUT2D eigenvalue weighted by atomic mass is 10.1. The molecule has 1 aromatic heterocycles. The zero-order chi connectivity index (χ0) is 14.4. The van der Waals surface area contributed by atoms with Gasteiger partial charge in [0.15, 0.2) is 6.23 Å². The molecule has 6 heteroatoms. The summed E-state index contributed by atoms with van der Waals surface area (Å²) in [6.45, 7) is 1.65. The van der Waals surface area contributed by atoms with Crippen molar-refractivity contribution in [3.05, 3.63) is 45.8 Å². The molecule has 2 aromatic rings. The van der Waals surface area contributed by atoms with Crippen molar-refractivity contribution >= 4 is 22.4 Å². The summed E-state index contributed by atoms with van der Waals surface area (Å²) >= 11 is 5.91. The van der Waals surface area contributed by atoms with E-state index in [1.807, 2.05) is 0 Å². The van der Waals surface area contributed by atoms with Gasteiger partial charge in [0, 0.05) is 16.6 Å². The Morgan fingerprint density at radius 1 is 1.25 bits per heavy atom. The topological polar surface area (TPSA) is 71.7 Å². The SMILES string of the molecule is CC1OC(n2ccc3ccc(Cl)cc3c2=O)C(O)C1O. The molecule has 4 atom stereocenters. The van der Waals surface area contributed by atoms with Gasteiger partial charge in [0.2, 0.25) is 0 Å². The number of hydrogen-bond acceptors (Lipinski definition) is 4. The van der Waals surface area contributed by atoms with Crippen molar-refractivity contribution in [3.63, 3.8) is 0 Å². The summed E-state index contributed by atoms with van der Waals surface area (Å²) in [4.78, 5) is 12.5. The normalized spacial score (nSPS) is 30.0. The second-order valence-electron chi connectivity index (χ2n) is 4.97. The smallest absolute Gasteiger partial charge is 0.260 e. The Kier molecular flexibility index (Phi) is 3.30. The highest BCUT2D eigenvalue weighted by Gasteiger charge is 2.41. The Bertz CT molecular complexity index is 714. The molecular weight excluding hydrogens is 282 g/mol. The van der Waals surface area contributed by atoms with Crippen molar-refractivity contribution in [1.29, 1.82) is 0 Å². The first-order valence-corrected chi connectivity index (χ1v) is 6.69. The van der Waals surface area contributed by atoms with E-state index in [1.54, 1.807) is 37.4 Å². The molecule has 1 aliphatic heterocycles. The fourth-order valence-corrected chi connectivity index (χ4v) is 2.66. The van der Waals surface area contributed by atoms with Crippen LogP contribution in [0.2, 0.25) is 5.02 Å². The fourth-order valence-electron chi connectivity index (χ4n) is 2.48. The van der Waals surface area contributed by atoms with Gasteiger partial charge in [0.1, 0.15) is 12.2 Å². The highest BCUT2D eigenvalue weighted by Crippen LogP contribution is 2.28. The lowest BCUT2D eigenvalue weighted by Gasteiger charge is -2.18. The molecule has 106 valence electrons. The van der Waals surface area contributed by atoms with Crippen LogP contribution in [0, 0.1) is 0 Å². The molecule has 20 heavy (non-hydrogen) atoms. The summed E-state index contributed by atoms with van der Waals surface area (Å²) in [6, 6.07) is 6.79. The van der Waals surface area contributed by atoms with Crippen molar-refractivity contribution in [3.8, 4) is 0 Å². The molecular formula is C14H14ClNO4. The minimum atomic E-state index is -1.14. The molecule has 1 fully saturated rings. The van der Waals surface area contributed by atoms with Gasteiger partial charge in [-0.05, 0) is 30.5 Å². The predicted octanol–water partition coefficient (Wildman–Crippen LogP) is 1.29. The third kappa shape index (κ3) is 2.03. The van der Waals surface area contributed by atoms with Crippen LogP contribution in [0.25, 0.3) is 10.8 Å². The van der Waals surface area contributed by atoms with Crippen molar-refractivity contribution in [2.75, 3.05) is 0 Å². The number of aliphatic hydroxyl groups is 2. The van der Waals surface area contributed by atoms with Crippen molar-refractivity contribution < 1.29 is 14.9 Å². The molecule has 2 heterocycles. The largest absolute Gasteiger partial charge is 0.388 e. The van der Waals surface area contributed by atoms with E-state index in [0.717, 1.165) is 5.39 Å². The van der Waals surface area contributed by atoms with Gasteiger partial charge >= 0.3 is 0 Å². The maximum absolute atomic E-state index is 12.5. The molecule has 1 saturated heterocycles. The van der Waals surface area contributed by atoms with Gasteiger partial charge in [-0.15, -0.1) is 0 Å². The number of aromatic nitrogens is 1. The van der Waals surface area contributed by atoms with Crippen molar-refractivity contribution in [2.45, 2.75) is 31.5 Å². The first-order chi connectivity index (χ1) is 9.49. The van der Waals surface area contributed by atoms with Gasteiger partial charge in [-0.3, -0.25) is 9.36 Å². The zero-order valence-corrected chi connectivity index (χ0v) is 11.5. The number of hydrogen-bond donors (Lipinski definition) is 2. The van der Waals surface area contributed by atoms with Crippen LogP contribution in [0.5, 0.6) is 0 Å². The van der Waals surface area contributed by atoms with E-state index in [-0.39, 0.29) is 5.56 Å². The van der Waals surface area contributed by atoms with Gasteiger partial charge in [-0.1, -0.05) is 17.7 Å². The molecule has 0 bridgehead atoms. The Balaban J connectivity index is 2.14. The van der Waals surface area contributed by atoms with Crippen LogP contribution in [0.1, 0.15) is 13.2 Å². The van der Waals surface area contributed by atoms with Gasteiger partial charge in [-0.2, -0.15) is 0 Å². The van der Waals surface area contributed by atoms with E-state index in [0.29, 0.717) is 10.4 Å². The average Bonchev–Trinajstić information content (AvgIpc) is 2.68. The molecule has 0 radical (unpaired) electrons. The van der Waals surface area contributed by atoms with E-state index in [4.69, 9.17) is 16.3 Å². The van der Waals surface area contributed by atoms with Gasteiger partial charge in [-0.25, -0.2) is 0 Å². The zero-order valence-electron chi connectivity index (χ0n) is 10.7. The first-order valence-electron chi connectivity index (χ1n) is 6.31. The van der Waals surface area contributed by atoms with Crippen LogP contribution >= 0.6 is 11.6 Å². The molecule has 0 aliphatic carbocycles. The highest BCUT2D eigenvalue weighted by molar-refractivity contribution is 6.31. The standard InChI is InChI=1S/C14H14ClNO4/c1-7-11(17)12(18)14(20-7)16-5-4-8-2-3-9(15)6-10(8)13(16)19/h2-7,11-12,14,17-18H,1H3. The fraction of sp³-hybridized carbons (Fsp3) is 0.357. The van der Waals surface area contributed by atoms with Gasteiger partial charge in [0.25, 0.3) is 5.56 Å². The molecule has 1 aliphatic rings. The van der Waals surface area contributed by atoms with Crippen LogP contribution < -0.4 is 5.56 Å². The Morgan fingerprint density at radius 2 is 2.00 bits per heavy atom. The maximum atomic E-state index is 12.5. The Labute approximate surface area is 120 Å². The van der Waals surface area contributed by atoms with E-state index < -0.39 is 24.5 Å². The van der Waals surface area contributed by atoms with Crippen LogP contribution in [-0.2, 0) is 4.74 Å². The highest BCUT2D eigenvalue weighted by atomic mass is 35.5. The van der Waals surface area contributed by atoms with E-state index >= 15 is 0 Å². The van der Waals surface area contributed by atoms with Crippen molar-refractivity contribution in [1.82, 2.24) is 4.57 Å². The third-order valence-corrected chi connectivity index (χ3v) is 3.88. The lowest BCUT2D eigenvalue weighted by molar-refractivity contribution is -0.0339. The first kappa shape index (κ1) is 13.6. The molecule has 2 N–H and O–H groups in total. The quantitative estimate of drug-likeness (QED) is 0.832. The van der Waals surface area contributed by atoms with Crippen molar-refractivity contribution in [2.24, 2.45) is 0 Å². The predicted molar refractivity (Wildman–Crippen MR) is 74.8 cm³/mol. The summed E-state index contributed by atoms with van der Waals surface area (Å²) in [5.41, 5.74) is -0.310. The number of nitrogens with zero attached hydrogens (tertiary/aromatic N) is 1. The summed E-state index contributed by atoms with van der Waals surface area (Å²) in [5, 5.41) is 21.4. The summed E-state index contributed by atoms with van der Waals surface area (Å²) in [6.07, 6.45) is -2.02. The van der Waals surface area contributed by atoms with E-state index in [9.17, 15) is 15.0 Å². The number of aliphatic hydroxyl groups excluding tert-OH is 2. The van der Waals surface area contributed by atoms with Crippen LogP contribution in [0.3, 0.4) is 0 Å². The minimum Gasteiger partial charge on any atom is -0.388 e. The molecule has 0 spiro atoms. The minimum absolute atomic E-state index is 0.310. The third-order valence-electron chi connectivity index (χ3n) is 3.65. The molecule has 1 aromatic carbocycles. The Hall–Kier alpha value is -1.40. The lowest BCUT2D eigenvalue weighted by Crippen LogP contribution is -2.34. The maximum Gasteiger partial charge on any atom is 0.260 e. The van der Waals surface area contributed by atoms with E-state index in [2.05, 4.69) is 0 Å².